The highest BCUT2D eigenvalue weighted by Crippen LogP contribution is 2.24. The molecule has 0 radical (unpaired) electrons. The van der Waals surface area contributed by atoms with Crippen LogP contribution in [0.4, 0.5) is 0 Å². The van der Waals surface area contributed by atoms with Gasteiger partial charge in [0.2, 0.25) is 5.90 Å². The van der Waals surface area contributed by atoms with E-state index in [0.29, 0.717) is 24.1 Å². The van der Waals surface area contributed by atoms with E-state index in [-0.39, 0.29) is 0 Å². The van der Waals surface area contributed by atoms with Gasteiger partial charge in [0.1, 0.15) is 12.4 Å². The summed E-state index contributed by atoms with van der Waals surface area (Å²) in [5.74, 6) is 1.36. The van der Waals surface area contributed by atoms with E-state index in [4.69, 9.17) is 21.1 Å². The highest BCUT2D eigenvalue weighted by atomic mass is 35.5. The largest absolute Gasteiger partial charge is 0.497 e. The molecular weight excluding hydrogens is 202 g/mol. The predicted octanol–water partition coefficient (Wildman–Crippen LogP) is 2.13. The van der Waals surface area contributed by atoms with Gasteiger partial charge in [-0.25, -0.2) is 4.99 Å². The molecule has 0 spiro atoms. The van der Waals surface area contributed by atoms with Gasteiger partial charge >= 0.3 is 0 Å². The molecule has 1 aliphatic heterocycles. The molecule has 0 fully saturated rings. The van der Waals surface area contributed by atoms with E-state index in [1.54, 1.807) is 13.2 Å². The molecule has 14 heavy (non-hydrogen) atoms. The Labute approximate surface area is 87.3 Å². The molecule has 4 heteroatoms. The Hall–Kier alpha value is -1.22. The molecule has 1 aromatic rings. The Morgan fingerprint density at radius 1 is 1.50 bits per heavy atom. The predicted molar refractivity (Wildman–Crippen MR) is 55.4 cm³/mol. The SMILES string of the molecule is COc1ccc(C2=NCCO2)c(Cl)c1. The lowest BCUT2D eigenvalue weighted by molar-refractivity contribution is 0.348. The van der Waals surface area contributed by atoms with Crippen molar-refractivity contribution in [3.63, 3.8) is 0 Å². The third-order valence-corrected chi connectivity index (χ3v) is 2.30. The monoisotopic (exact) mass is 211 g/mol. The Morgan fingerprint density at radius 3 is 2.93 bits per heavy atom. The molecule has 74 valence electrons. The van der Waals surface area contributed by atoms with Crippen molar-refractivity contribution >= 4 is 17.5 Å². The molecule has 3 nitrogen and oxygen atoms in total. The van der Waals surface area contributed by atoms with Gasteiger partial charge in [-0.05, 0) is 18.2 Å². The lowest BCUT2D eigenvalue weighted by Crippen LogP contribution is -2.01. The Morgan fingerprint density at radius 2 is 2.36 bits per heavy atom. The van der Waals surface area contributed by atoms with Crippen molar-refractivity contribution < 1.29 is 9.47 Å². The molecule has 1 heterocycles. The van der Waals surface area contributed by atoms with Crippen LogP contribution in [-0.4, -0.2) is 26.2 Å². The van der Waals surface area contributed by atoms with Crippen molar-refractivity contribution in [1.82, 2.24) is 0 Å². The normalized spacial score (nSPS) is 14.9. The molecule has 0 atom stereocenters. The molecule has 0 N–H and O–H groups in total. The van der Waals surface area contributed by atoms with Crippen molar-refractivity contribution in [3.05, 3.63) is 28.8 Å². The lowest BCUT2D eigenvalue weighted by atomic mass is 10.2. The van der Waals surface area contributed by atoms with E-state index in [2.05, 4.69) is 4.99 Å². The van der Waals surface area contributed by atoms with E-state index in [1.807, 2.05) is 12.1 Å². The maximum Gasteiger partial charge on any atom is 0.217 e. The molecule has 0 aromatic heterocycles. The summed E-state index contributed by atoms with van der Waals surface area (Å²) >= 11 is 6.05. The molecule has 0 bridgehead atoms. The van der Waals surface area contributed by atoms with E-state index >= 15 is 0 Å². The first kappa shape index (κ1) is 9.34. The molecule has 2 rings (SSSR count). The fraction of sp³-hybridized carbons (Fsp3) is 0.300. The topological polar surface area (TPSA) is 30.8 Å². The average Bonchev–Trinajstić information content (AvgIpc) is 2.70. The second kappa shape index (κ2) is 3.88. The minimum absolute atomic E-state index is 0.602. The highest BCUT2D eigenvalue weighted by Gasteiger charge is 2.13. The fourth-order valence-corrected chi connectivity index (χ4v) is 1.55. The van der Waals surface area contributed by atoms with Gasteiger partial charge in [-0.3, -0.25) is 0 Å². The fourth-order valence-electron chi connectivity index (χ4n) is 1.29. The summed E-state index contributed by atoms with van der Waals surface area (Å²) in [5.41, 5.74) is 0.824. The highest BCUT2D eigenvalue weighted by molar-refractivity contribution is 6.34. The Bertz CT molecular complexity index is 376. The van der Waals surface area contributed by atoms with E-state index in [9.17, 15) is 0 Å². The number of ether oxygens (including phenoxy) is 2. The maximum absolute atomic E-state index is 6.05. The first-order valence-corrected chi connectivity index (χ1v) is 4.70. The number of methoxy groups -OCH3 is 1. The number of hydrogen-bond acceptors (Lipinski definition) is 3. The number of benzene rings is 1. The van der Waals surface area contributed by atoms with Crippen LogP contribution in [0.5, 0.6) is 5.75 Å². The van der Waals surface area contributed by atoms with Crippen LogP contribution in [0.3, 0.4) is 0 Å². The third kappa shape index (κ3) is 1.68. The lowest BCUT2D eigenvalue weighted by Gasteiger charge is -2.05. The summed E-state index contributed by atoms with van der Waals surface area (Å²) in [5, 5.41) is 0.602. The van der Waals surface area contributed by atoms with Crippen LogP contribution in [0.25, 0.3) is 0 Å². The zero-order valence-corrected chi connectivity index (χ0v) is 8.54. The molecule has 0 amide bonds. The third-order valence-electron chi connectivity index (χ3n) is 1.99. The van der Waals surface area contributed by atoms with Gasteiger partial charge in [-0.15, -0.1) is 0 Å². The smallest absolute Gasteiger partial charge is 0.217 e. The van der Waals surface area contributed by atoms with Gasteiger partial charge in [0.25, 0.3) is 0 Å². The first-order chi connectivity index (χ1) is 6.81. The summed E-state index contributed by atoms with van der Waals surface area (Å²) in [7, 11) is 1.61. The van der Waals surface area contributed by atoms with Crippen molar-refractivity contribution in [2.45, 2.75) is 0 Å². The van der Waals surface area contributed by atoms with Gasteiger partial charge < -0.3 is 9.47 Å². The van der Waals surface area contributed by atoms with E-state index in [0.717, 1.165) is 11.3 Å². The maximum atomic E-state index is 6.05. The minimum atomic E-state index is 0.602. The van der Waals surface area contributed by atoms with Gasteiger partial charge in [0, 0.05) is 0 Å². The number of nitrogens with zero attached hydrogens (tertiary/aromatic N) is 1. The Kier molecular flexibility index (Phi) is 2.59. The Balaban J connectivity index is 2.34. The second-order valence-electron chi connectivity index (χ2n) is 2.88. The quantitative estimate of drug-likeness (QED) is 0.751. The summed E-state index contributed by atoms with van der Waals surface area (Å²) in [6, 6.07) is 5.44. The molecule has 0 saturated carbocycles. The van der Waals surface area contributed by atoms with Crippen molar-refractivity contribution in [3.8, 4) is 5.75 Å². The van der Waals surface area contributed by atoms with Gasteiger partial charge in [0.05, 0.1) is 24.2 Å². The van der Waals surface area contributed by atoms with Crippen LogP contribution >= 0.6 is 11.6 Å². The minimum Gasteiger partial charge on any atom is -0.497 e. The number of aliphatic imine (C=N–C) groups is 1. The molecule has 0 aliphatic carbocycles. The van der Waals surface area contributed by atoms with E-state index < -0.39 is 0 Å². The van der Waals surface area contributed by atoms with Crippen molar-refractivity contribution in [1.29, 1.82) is 0 Å². The van der Waals surface area contributed by atoms with Crippen molar-refractivity contribution in [2.75, 3.05) is 20.3 Å². The van der Waals surface area contributed by atoms with Crippen LogP contribution in [-0.2, 0) is 4.74 Å². The molecular formula is C10H10ClNO2. The standard InChI is InChI=1S/C10H10ClNO2/c1-13-7-2-3-8(9(11)6-7)10-12-4-5-14-10/h2-3,6H,4-5H2,1H3. The summed E-state index contributed by atoms with van der Waals surface area (Å²) in [6.45, 7) is 1.34. The zero-order valence-electron chi connectivity index (χ0n) is 7.79. The van der Waals surface area contributed by atoms with Crippen LogP contribution in [0.2, 0.25) is 5.02 Å². The molecule has 0 unspecified atom stereocenters. The second-order valence-corrected chi connectivity index (χ2v) is 3.29. The van der Waals surface area contributed by atoms with Crippen molar-refractivity contribution in [2.24, 2.45) is 4.99 Å². The summed E-state index contributed by atoms with van der Waals surface area (Å²) in [4.78, 5) is 4.19. The van der Waals surface area contributed by atoms with Crippen LogP contribution in [0.15, 0.2) is 23.2 Å². The number of halogens is 1. The average molecular weight is 212 g/mol. The van der Waals surface area contributed by atoms with Crippen LogP contribution in [0, 0.1) is 0 Å². The molecule has 0 saturated heterocycles. The molecule has 1 aromatic carbocycles. The number of hydrogen-bond donors (Lipinski definition) is 0. The van der Waals surface area contributed by atoms with Crippen LogP contribution < -0.4 is 4.74 Å². The first-order valence-electron chi connectivity index (χ1n) is 4.32. The van der Waals surface area contributed by atoms with Gasteiger partial charge in [-0.1, -0.05) is 11.6 Å². The van der Waals surface area contributed by atoms with Crippen LogP contribution in [0.1, 0.15) is 5.56 Å². The van der Waals surface area contributed by atoms with Gasteiger partial charge in [0.15, 0.2) is 0 Å². The molecule has 1 aliphatic rings. The van der Waals surface area contributed by atoms with Gasteiger partial charge in [-0.2, -0.15) is 0 Å². The zero-order chi connectivity index (χ0) is 9.97. The van der Waals surface area contributed by atoms with E-state index in [1.165, 1.54) is 0 Å². The number of rotatable bonds is 2. The summed E-state index contributed by atoms with van der Waals surface area (Å²) in [6.07, 6.45) is 0. The summed E-state index contributed by atoms with van der Waals surface area (Å²) < 4.78 is 10.4.